The molecule has 0 amide bonds. The fraction of sp³-hybridized carbons (Fsp3) is 0.158. The molecule has 3 rings (SSSR count). The first-order chi connectivity index (χ1) is 12.6. The Morgan fingerprint density at radius 1 is 1.08 bits per heavy atom. The molecule has 0 atom stereocenters. The smallest absolute Gasteiger partial charge is 0.305 e. The predicted molar refractivity (Wildman–Crippen MR) is 98.6 cm³/mol. The number of esters is 1. The van der Waals surface area contributed by atoms with E-state index in [0.29, 0.717) is 23.6 Å². The van der Waals surface area contributed by atoms with Crippen LogP contribution < -0.4 is 5.73 Å². The molecule has 7 heteroatoms. The third kappa shape index (κ3) is 3.94. The average molecular weight is 349 g/mol. The molecule has 26 heavy (non-hydrogen) atoms. The number of H-pyrrole nitrogens is 1. The van der Waals surface area contributed by atoms with Crippen LogP contribution in [0.5, 0.6) is 0 Å². The molecule has 0 radical (unpaired) electrons. The van der Waals surface area contributed by atoms with Crippen LogP contribution in [-0.4, -0.2) is 34.1 Å². The molecular weight excluding hydrogens is 330 g/mol. The highest BCUT2D eigenvalue weighted by molar-refractivity contribution is 5.95. The number of nitrogen functional groups attached to an aromatic ring is 1. The predicted octanol–water partition coefficient (Wildman–Crippen LogP) is 2.53. The Kier molecular flexibility index (Phi) is 5.07. The van der Waals surface area contributed by atoms with Gasteiger partial charge >= 0.3 is 5.97 Å². The second-order valence-electron chi connectivity index (χ2n) is 5.75. The van der Waals surface area contributed by atoms with Gasteiger partial charge in [-0.3, -0.25) is 15.3 Å². The van der Waals surface area contributed by atoms with Gasteiger partial charge in [-0.05, 0) is 11.1 Å². The molecule has 0 fully saturated rings. The van der Waals surface area contributed by atoms with E-state index < -0.39 is 0 Å². The first-order valence-electron chi connectivity index (χ1n) is 8.10. The second-order valence-corrected chi connectivity index (χ2v) is 5.75. The van der Waals surface area contributed by atoms with Crippen LogP contribution >= 0.6 is 0 Å². The van der Waals surface area contributed by atoms with Crippen molar-refractivity contribution in [2.24, 2.45) is 5.73 Å². The SMILES string of the molecule is COC(=O)CCc1nc(-c2ccc(-c3ccc(C(=N)N)cc3)cc2)n[nH]1. The number of ether oxygens (including phenoxy) is 1. The van der Waals surface area contributed by atoms with E-state index in [4.69, 9.17) is 11.1 Å². The summed E-state index contributed by atoms with van der Waals surface area (Å²) in [5.74, 6) is 1.01. The molecule has 0 bridgehead atoms. The van der Waals surface area contributed by atoms with Gasteiger partial charge in [0, 0.05) is 17.5 Å². The van der Waals surface area contributed by atoms with E-state index in [2.05, 4.69) is 19.9 Å². The molecule has 0 saturated carbocycles. The lowest BCUT2D eigenvalue weighted by Crippen LogP contribution is -2.10. The highest BCUT2D eigenvalue weighted by Gasteiger charge is 2.09. The van der Waals surface area contributed by atoms with Crippen molar-refractivity contribution in [3.63, 3.8) is 0 Å². The number of aryl methyl sites for hydroxylation is 1. The Bertz CT molecular complexity index is 914. The Morgan fingerprint density at radius 3 is 2.23 bits per heavy atom. The first kappa shape index (κ1) is 17.3. The maximum Gasteiger partial charge on any atom is 0.305 e. The minimum atomic E-state index is -0.275. The Balaban J connectivity index is 1.72. The molecule has 2 aromatic carbocycles. The van der Waals surface area contributed by atoms with Crippen molar-refractivity contribution in [2.75, 3.05) is 7.11 Å². The molecule has 0 spiro atoms. The minimum Gasteiger partial charge on any atom is -0.469 e. The topological polar surface area (TPSA) is 118 Å². The maximum atomic E-state index is 11.2. The van der Waals surface area contributed by atoms with Crippen molar-refractivity contribution in [2.45, 2.75) is 12.8 Å². The number of carbonyl (C=O) groups is 1. The molecule has 1 heterocycles. The maximum absolute atomic E-state index is 11.2. The van der Waals surface area contributed by atoms with Gasteiger partial charge in [0.15, 0.2) is 5.82 Å². The largest absolute Gasteiger partial charge is 0.469 e. The van der Waals surface area contributed by atoms with Gasteiger partial charge in [0.1, 0.15) is 11.7 Å². The normalized spacial score (nSPS) is 10.5. The molecule has 0 aliphatic rings. The van der Waals surface area contributed by atoms with E-state index in [1.54, 1.807) is 0 Å². The molecule has 0 aliphatic carbocycles. The Morgan fingerprint density at radius 2 is 1.65 bits per heavy atom. The van der Waals surface area contributed by atoms with Crippen LogP contribution in [0, 0.1) is 5.41 Å². The number of amidine groups is 1. The van der Waals surface area contributed by atoms with Crippen LogP contribution in [0.1, 0.15) is 17.8 Å². The van der Waals surface area contributed by atoms with E-state index in [1.807, 2.05) is 48.5 Å². The lowest BCUT2D eigenvalue weighted by Gasteiger charge is -2.04. The van der Waals surface area contributed by atoms with Crippen molar-refractivity contribution in [1.29, 1.82) is 5.41 Å². The molecule has 0 aliphatic heterocycles. The zero-order valence-corrected chi connectivity index (χ0v) is 14.3. The van der Waals surface area contributed by atoms with E-state index in [1.165, 1.54) is 7.11 Å². The zero-order chi connectivity index (χ0) is 18.5. The molecule has 0 unspecified atom stereocenters. The molecule has 7 nitrogen and oxygen atoms in total. The number of nitrogens with one attached hydrogen (secondary N) is 2. The molecule has 0 saturated heterocycles. The number of nitrogens with zero attached hydrogens (tertiary/aromatic N) is 2. The van der Waals surface area contributed by atoms with Gasteiger partial charge < -0.3 is 10.5 Å². The summed E-state index contributed by atoms with van der Waals surface area (Å²) in [6.07, 6.45) is 0.723. The molecule has 4 N–H and O–H groups in total. The van der Waals surface area contributed by atoms with Crippen LogP contribution in [-0.2, 0) is 16.0 Å². The first-order valence-corrected chi connectivity index (χ1v) is 8.10. The Hall–Kier alpha value is -3.48. The van der Waals surface area contributed by atoms with Gasteiger partial charge in [-0.2, -0.15) is 5.10 Å². The summed E-state index contributed by atoms with van der Waals surface area (Å²) in [5.41, 5.74) is 9.14. The summed E-state index contributed by atoms with van der Waals surface area (Å²) >= 11 is 0. The number of carbonyl (C=O) groups excluding carboxylic acids is 1. The molecule has 1 aromatic heterocycles. The standard InChI is InChI=1S/C19H19N5O2/c1-26-17(25)11-10-16-22-19(24-23-16)15-8-4-13(5-9-15)12-2-6-14(7-3-12)18(20)21/h2-9H,10-11H2,1H3,(H3,20,21)(H,22,23,24). The highest BCUT2D eigenvalue weighted by atomic mass is 16.5. The number of hydrogen-bond acceptors (Lipinski definition) is 5. The van der Waals surface area contributed by atoms with Gasteiger partial charge in [0.2, 0.25) is 0 Å². The van der Waals surface area contributed by atoms with Crippen molar-refractivity contribution in [1.82, 2.24) is 15.2 Å². The van der Waals surface area contributed by atoms with Gasteiger partial charge in [-0.15, -0.1) is 0 Å². The number of methoxy groups -OCH3 is 1. The fourth-order valence-corrected chi connectivity index (χ4v) is 2.51. The number of nitrogens with two attached hydrogens (primary N) is 1. The minimum absolute atomic E-state index is 0.0551. The Labute approximate surface area is 150 Å². The van der Waals surface area contributed by atoms with Gasteiger partial charge in [0.05, 0.1) is 13.5 Å². The van der Waals surface area contributed by atoms with Crippen LogP contribution in [0.25, 0.3) is 22.5 Å². The highest BCUT2D eigenvalue weighted by Crippen LogP contribution is 2.23. The number of aromatic amines is 1. The fourth-order valence-electron chi connectivity index (χ4n) is 2.51. The van der Waals surface area contributed by atoms with E-state index in [-0.39, 0.29) is 18.2 Å². The van der Waals surface area contributed by atoms with Crippen molar-refractivity contribution < 1.29 is 9.53 Å². The van der Waals surface area contributed by atoms with E-state index in [0.717, 1.165) is 16.7 Å². The lowest BCUT2D eigenvalue weighted by atomic mass is 10.0. The summed E-state index contributed by atoms with van der Waals surface area (Å²) in [6.45, 7) is 0. The van der Waals surface area contributed by atoms with Crippen molar-refractivity contribution >= 4 is 11.8 Å². The zero-order valence-electron chi connectivity index (χ0n) is 14.3. The van der Waals surface area contributed by atoms with Crippen LogP contribution in [0.15, 0.2) is 48.5 Å². The molecular formula is C19H19N5O2. The number of rotatable bonds is 6. The van der Waals surface area contributed by atoms with Crippen molar-refractivity contribution in [3.05, 3.63) is 59.9 Å². The van der Waals surface area contributed by atoms with Gasteiger partial charge in [-0.1, -0.05) is 48.5 Å². The molecule has 3 aromatic rings. The number of benzene rings is 2. The summed E-state index contributed by atoms with van der Waals surface area (Å²) in [6, 6.07) is 15.4. The second kappa shape index (κ2) is 7.60. The third-order valence-corrected chi connectivity index (χ3v) is 4.00. The van der Waals surface area contributed by atoms with Gasteiger partial charge in [0.25, 0.3) is 0 Å². The van der Waals surface area contributed by atoms with E-state index >= 15 is 0 Å². The van der Waals surface area contributed by atoms with Crippen LogP contribution in [0.4, 0.5) is 0 Å². The van der Waals surface area contributed by atoms with Gasteiger partial charge in [-0.25, -0.2) is 4.98 Å². The number of aromatic nitrogens is 3. The summed E-state index contributed by atoms with van der Waals surface area (Å²) in [7, 11) is 1.36. The molecule has 132 valence electrons. The lowest BCUT2D eigenvalue weighted by molar-refractivity contribution is -0.140. The summed E-state index contributed by atoms with van der Waals surface area (Å²) < 4.78 is 4.62. The number of hydrogen-bond donors (Lipinski definition) is 3. The van der Waals surface area contributed by atoms with E-state index in [9.17, 15) is 4.79 Å². The van der Waals surface area contributed by atoms with Crippen LogP contribution in [0.3, 0.4) is 0 Å². The quantitative estimate of drug-likeness (QED) is 0.359. The third-order valence-electron chi connectivity index (χ3n) is 4.00. The average Bonchev–Trinajstić information content (AvgIpc) is 3.15. The summed E-state index contributed by atoms with van der Waals surface area (Å²) in [5, 5.41) is 14.5. The summed E-state index contributed by atoms with van der Waals surface area (Å²) in [4.78, 5) is 15.6. The van der Waals surface area contributed by atoms with Crippen molar-refractivity contribution in [3.8, 4) is 22.5 Å². The van der Waals surface area contributed by atoms with Crippen LogP contribution in [0.2, 0.25) is 0 Å². The monoisotopic (exact) mass is 349 g/mol.